The van der Waals surface area contributed by atoms with Gasteiger partial charge in [-0.3, -0.25) is 9.59 Å². The highest BCUT2D eigenvalue weighted by atomic mass is 35.5. The van der Waals surface area contributed by atoms with E-state index < -0.39 is 0 Å². The van der Waals surface area contributed by atoms with E-state index in [9.17, 15) is 14.9 Å². The monoisotopic (exact) mass is 445 g/mol. The number of benzene rings is 2. The molecule has 0 spiro atoms. The molecule has 3 rings (SSSR count). The van der Waals surface area contributed by atoms with E-state index in [2.05, 4.69) is 16.7 Å². The fourth-order valence-corrected chi connectivity index (χ4v) is 4.26. The summed E-state index contributed by atoms with van der Waals surface area (Å²) in [7, 11) is 0. The van der Waals surface area contributed by atoms with Crippen molar-refractivity contribution in [1.29, 1.82) is 5.26 Å². The van der Waals surface area contributed by atoms with Gasteiger partial charge in [0.25, 0.3) is 0 Å². The molecule has 0 bridgehead atoms. The van der Waals surface area contributed by atoms with Gasteiger partial charge in [-0.15, -0.1) is 0 Å². The van der Waals surface area contributed by atoms with E-state index in [1.807, 2.05) is 31.2 Å². The number of hydrogen-bond acceptors (Lipinski definition) is 4. The van der Waals surface area contributed by atoms with Gasteiger partial charge in [0, 0.05) is 18.0 Å². The number of thioether (sulfide) groups is 1. The van der Waals surface area contributed by atoms with Gasteiger partial charge in [-0.2, -0.15) is 5.26 Å². The van der Waals surface area contributed by atoms with Crippen molar-refractivity contribution in [3.05, 3.63) is 74.2 Å². The van der Waals surface area contributed by atoms with E-state index in [1.165, 1.54) is 0 Å². The predicted molar refractivity (Wildman–Crippen MR) is 117 cm³/mol. The minimum absolute atomic E-state index is 0.0293. The van der Waals surface area contributed by atoms with Crippen LogP contribution >= 0.6 is 35.0 Å². The lowest BCUT2D eigenvalue weighted by Crippen LogP contribution is -2.31. The molecule has 0 saturated carbocycles. The van der Waals surface area contributed by atoms with Gasteiger partial charge in [0.15, 0.2) is 0 Å². The van der Waals surface area contributed by atoms with Crippen molar-refractivity contribution in [2.75, 3.05) is 11.1 Å². The molecule has 8 heteroatoms. The summed E-state index contributed by atoms with van der Waals surface area (Å²) in [4.78, 5) is 24.5. The van der Waals surface area contributed by atoms with Crippen LogP contribution < -0.4 is 10.6 Å². The quantitative estimate of drug-likeness (QED) is 0.677. The number of allylic oxidation sites excluding steroid dienone is 1. The highest BCUT2D eigenvalue weighted by Gasteiger charge is 2.30. The van der Waals surface area contributed by atoms with E-state index in [-0.39, 0.29) is 29.9 Å². The normalized spacial score (nSPS) is 16.2. The summed E-state index contributed by atoms with van der Waals surface area (Å²) in [5, 5.41) is 16.3. The molecule has 0 saturated heterocycles. The fourth-order valence-electron chi connectivity index (χ4n) is 3.09. The number of hydrogen-bond donors (Lipinski definition) is 2. The fraction of sp³-hybridized carbons (Fsp3) is 0.190. The number of carbonyl (C=O) groups is 2. The van der Waals surface area contributed by atoms with Crippen LogP contribution in [0.25, 0.3) is 0 Å². The van der Waals surface area contributed by atoms with Crippen molar-refractivity contribution >= 4 is 52.5 Å². The second-order valence-electron chi connectivity index (χ2n) is 6.48. The van der Waals surface area contributed by atoms with Crippen LogP contribution in [0.4, 0.5) is 5.69 Å². The number of rotatable bonds is 5. The second-order valence-corrected chi connectivity index (χ2v) is 8.28. The molecule has 2 N–H and O–H groups in total. The molecule has 2 amide bonds. The first-order valence-corrected chi connectivity index (χ1v) is 10.5. The summed E-state index contributed by atoms with van der Waals surface area (Å²) in [6, 6.07) is 14.7. The maximum absolute atomic E-state index is 12.3. The van der Waals surface area contributed by atoms with Crippen LogP contribution in [0.5, 0.6) is 0 Å². The van der Waals surface area contributed by atoms with Gasteiger partial charge >= 0.3 is 0 Å². The Morgan fingerprint density at radius 1 is 1.28 bits per heavy atom. The molecule has 0 aliphatic carbocycles. The maximum Gasteiger partial charge on any atom is 0.234 e. The van der Waals surface area contributed by atoms with Crippen LogP contribution in [0.15, 0.2) is 53.1 Å². The molecule has 1 unspecified atom stereocenters. The highest BCUT2D eigenvalue weighted by molar-refractivity contribution is 8.03. The van der Waals surface area contributed by atoms with E-state index >= 15 is 0 Å². The van der Waals surface area contributed by atoms with Crippen LogP contribution in [0.3, 0.4) is 0 Å². The molecule has 1 aliphatic rings. The smallest absolute Gasteiger partial charge is 0.234 e. The SMILES string of the molecule is Cc1ccccc1C1CC(=O)NC(SCC(=O)Nc2ccc(Cl)c(Cl)c2)=C1C#N. The van der Waals surface area contributed by atoms with Crippen LogP contribution in [0.1, 0.15) is 23.5 Å². The van der Waals surface area contributed by atoms with Gasteiger partial charge in [-0.1, -0.05) is 59.2 Å². The molecule has 2 aromatic carbocycles. The van der Waals surface area contributed by atoms with E-state index in [0.29, 0.717) is 26.3 Å². The van der Waals surface area contributed by atoms with Gasteiger partial charge < -0.3 is 10.6 Å². The Bertz CT molecular complexity index is 1050. The summed E-state index contributed by atoms with van der Waals surface area (Å²) in [5.74, 6) is -0.757. The number of nitriles is 1. The van der Waals surface area contributed by atoms with Crippen molar-refractivity contribution in [2.24, 2.45) is 0 Å². The molecule has 29 heavy (non-hydrogen) atoms. The molecule has 1 aliphatic heterocycles. The second kappa shape index (κ2) is 9.36. The third kappa shape index (κ3) is 5.13. The average molecular weight is 446 g/mol. The molecule has 2 aromatic rings. The zero-order chi connectivity index (χ0) is 21.0. The summed E-state index contributed by atoms with van der Waals surface area (Å²) < 4.78 is 0. The van der Waals surface area contributed by atoms with Gasteiger partial charge in [0.05, 0.1) is 32.5 Å². The number of nitrogens with one attached hydrogen (secondary N) is 2. The summed E-state index contributed by atoms with van der Waals surface area (Å²) in [6.45, 7) is 1.95. The Morgan fingerprint density at radius 3 is 2.72 bits per heavy atom. The number of amides is 2. The molecule has 148 valence electrons. The molecule has 0 fully saturated rings. The lowest BCUT2D eigenvalue weighted by molar-refractivity contribution is -0.121. The third-order valence-corrected chi connectivity index (χ3v) is 6.23. The Labute approximate surface area is 183 Å². The Kier molecular flexibility index (Phi) is 6.86. The zero-order valence-electron chi connectivity index (χ0n) is 15.5. The minimum atomic E-state index is -0.324. The summed E-state index contributed by atoms with van der Waals surface area (Å²) in [6.07, 6.45) is 0.202. The third-order valence-electron chi connectivity index (χ3n) is 4.47. The Morgan fingerprint density at radius 2 is 2.03 bits per heavy atom. The minimum Gasteiger partial charge on any atom is -0.325 e. The average Bonchev–Trinajstić information content (AvgIpc) is 2.69. The number of aryl methyl sites for hydroxylation is 1. The number of anilines is 1. The standard InChI is InChI=1S/C21H17Cl2N3O2S/c1-12-4-2-3-5-14(12)15-9-19(27)26-21(16(15)10-24)29-11-20(28)25-13-6-7-17(22)18(23)8-13/h2-8,15H,9,11H2,1H3,(H,25,28)(H,26,27). The molecule has 0 aromatic heterocycles. The van der Waals surface area contributed by atoms with E-state index in [0.717, 1.165) is 22.9 Å². The van der Waals surface area contributed by atoms with Gasteiger partial charge in [-0.25, -0.2) is 0 Å². The van der Waals surface area contributed by atoms with Gasteiger partial charge in [0.1, 0.15) is 0 Å². The van der Waals surface area contributed by atoms with Crippen LogP contribution in [0.2, 0.25) is 10.0 Å². The van der Waals surface area contributed by atoms with Crippen LogP contribution in [-0.4, -0.2) is 17.6 Å². The first-order chi connectivity index (χ1) is 13.9. The highest BCUT2D eigenvalue weighted by Crippen LogP contribution is 2.37. The van der Waals surface area contributed by atoms with E-state index in [4.69, 9.17) is 23.2 Å². The zero-order valence-corrected chi connectivity index (χ0v) is 17.8. The van der Waals surface area contributed by atoms with Crippen molar-refractivity contribution in [3.8, 4) is 6.07 Å². The molecular weight excluding hydrogens is 429 g/mol. The van der Waals surface area contributed by atoms with Crippen molar-refractivity contribution in [3.63, 3.8) is 0 Å². The summed E-state index contributed by atoms with van der Waals surface area (Å²) >= 11 is 13.0. The molecular formula is C21H17Cl2N3O2S. The lowest BCUT2D eigenvalue weighted by Gasteiger charge is -2.26. The molecule has 5 nitrogen and oxygen atoms in total. The molecule has 1 atom stereocenters. The lowest BCUT2D eigenvalue weighted by atomic mass is 9.85. The van der Waals surface area contributed by atoms with Crippen molar-refractivity contribution in [1.82, 2.24) is 5.32 Å². The topological polar surface area (TPSA) is 82.0 Å². The predicted octanol–water partition coefficient (Wildman–Crippen LogP) is 5.01. The maximum atomic E-state index is 12.3. The first-order valence-electron chi connectivity index (χ1n) is 8.76. The summed E-state index contributed by atoms with van der Waals surface area (Å²) in [5.41, 5.74) is 2.94. The van der Waals surface area contributed by atoms with Crippen molar-refractivity contribution < 1.29 is 9.59 Å². The number of nitrogens with zero attached hydrogens (tertiary/aromatic N) is 1. The van der Waals surface area contributed by atoms with Crippen molar-refractivity contribution in [2.45, 2.75) is 19.3 Å². The number of halogens is 2. The van der Waals surface area contributed by atoms with Crippen LogP contribution in [0, 0.1) is 18.3 Å². The Balaban J connectivity index is 1.76. The number of carbonyl (C=O) groups excluding carboxylic acids is 2. The van der Waals surface area contributed by atoms with Gasteiger partial charge in [-0.05, 0) is 36.2 Å². The van der Waals surface area contributed by atoms with E-state index in [1.54, 1.807) is 18.2 Å². The van der Waals surface area contributed by atoms with Gasteiger partial charge in [0.2, 0.25) is 11.8 Å². The molecule has 1 heterocycles. The first kappa shape index (κ1) is 21.3. The van der Waals surface area contributed by atoms with Crippen LogP contribution in [-0.2, 0) is 9.59 Å². The molecule has 0 radical (unpaired) electrons. The Hall–Kier alpha value is -2.46. The largest absolute Gasteiger partial charge is 0.325 e.